The van der Waals surface area contributed by atoms with Crippen LogP contribution in [0.25, 0.3) is 11.5 Å². The summed E-state index contributed by atoms with van der Waals surface area (Å²) in [6.07, 6.45) is 3.06. The van der Waals surface area contributed by atoms with Crippen molar-refractivity contribution in [3.05, 3.63) is 59.4 Å². The van der Waals surface area contributed by atoms with Crippen LogP contribution in [-0.2, 0) is 11.3 Å². The monoisotopic (exact) mass is 455 g/mol. The Bertz CT molecular complexity index is 1020. The highest BCUT2D eigenvalue weighted by Gasteiger charge is 2.33. The van der Waals surface area contributed by atoms with Gasteiger partial charge in [-0.25, -0.2) is 0 Å². The second-order valence-corrected chi connectivity index (χ2v) is 8.05. The second kappa shape index (κ2) is 10.5. The van der Waals surface area contributed by atoms with Gasteiger partial charge in [0.25, 0.3) is 0 Å². The normalized spacial score (nSPS) is 13.1. The van der Waals surface area contributed by atoms with Crippen molar-refractivity contribution in [1.82, 2.24) is 15.1 Å². The largest absolute Gasteiger partial charge is 0.494 e. The van der Waals surface area contributed by atoms with Crippen LogP contribution in [0.3, 0.4) is 0 Å². The molecule has 0 atom stereocenters. The van der Waals surface area contributed by atoms with Crippen molar-refractivity contribution >= 4 is 17.5 Å². The van der Waals surface area contributed by atoms with Gasteiger partial charge in [0.15, 0.2) is 0 Å². The van der Waals surface area contributed by atoms with Gasteiger partial charge < -0.3 is 18.8 Å². The molecule has 0 aliphatic heterocycles. The summed E-state index contributed by atoms with van der Waals surface area (Å²) < 4.78 is 17.0. The molecule has 2 aromatic carbocycles. The minimum atomic E-state index is 0.0778. The van der Waals surface area contributed by atoms with Crippen LogP contribution in [0.2, 0.25) is 5.02 Å². The summed E-state index contributed by atoms with van der Waals surface area (Å²) in [4.78, 5) is 14.7. The van der Waals surface area contributed by atoms with Gasteiger partial charge in [0.1, 0.15) is 11.5 Å². The third-order valence-corrected chi connectivity index (χ3v) is 5.36. The van der Waals surface area contributed by atoms with Crippen LogP contribution in [0, 0.1) is 0 Å². The van der Waals surface area contributed by atoms with E-state index >= 15 is 0 Å². The van der Waals surface area contributed by atoms with E-state index < -0.39 is 0 Å². The summed E-state index contributed by atoms with van der Waals surface area (Å²) in [7, 11) is 0. The molecule has 1 fully saturated rings. The molecule has 0 radical (unpaired) electrons. The lowest BCUT2D eigenvalue weighted by molar-refractivity contribution is -0.133. The van der Waals surface area contributed by atoms with E-state index in [9.17, 15) is 4.79 Å². The van der Waals surface area contributed by atoms with Crippen molar-refractivity contribution in [2.45, 2.75) is 45.2 Å². The third kappa shape index (κ3) is 6.01. The Labute approximate surface area is 192 Å². The van der Waals surface area contributed by atoms with Gasteiger partial charge in [0, 0.05) is 23.0 Å². The Balaban J connectivity index is 1.26. The predicted octanol–water partition coefficient (Wildman–Crippen LogP) is 5.14. The molecule has 1 saturated carbocycles. The summed E-state index contributed by atoms with van der Waals surface area (Å²) >= 11 is 5.93. The first-order chi connectivity index (χ1) is 15.6. The SMILES string of the molecule is CCOc1ccc(OCCCC(=O)N(Cc2nnc(-c3ccc(Cl)cc3)o2)C2CC2)cc1. The van der Waals surface area contributed by atoms with Gasteiger partial charge >= 0.3 is 0 Å². The minimum absolute atomic E-state index is 0.0778. The van der Waals surface area contributed by atoms with Gasteiger partial charge in [0.2, 0.25) is 17.7 Å². The molecule has 0 N–H and O–H groups in total. The fraction of sp³-hybridized carbons (Fsp3) is 0.375. The molecule has 0 unspecified atom stereocenters. The number of nitrogens with zero attached hydrogens (tertiary/aromatic N) is 3. The Hall–Kier alpha value is -3.06. The first-order valence-corrected chi connectivity index (χ1v) is 11.2. The highest BCUT2D eigenvalue weighted by Crippen LogP contribution is 2.30. The summed E-state index contributed by atoms with van der Waals surface area (Å²) in [5.41, 5.74) is 0.795. The number of carbonyl (C=O) groups is 1. The van der Waals surface area contributed by atoms with Crippen molar-refractivity contribution < 1.29 is 18.7 Å². The number of amides is 1. The van der Waals surface area contributed by atoms with Crippen molar-refractivity contribution in [2.24, 2.45) is 0 Å². The number of halogens is 1. The van der Waals surface area contributed by atoms with Crippen LogP contribution < -0.4 is 9.47 Å². The van der Waals surface area contributed by atoms with Crippen LogP contribution in [0.1, 0.15) is 38.5 Å². The second-order valence-electron chi connectivity index (χ2n) is 7.62. The summed E-state index contributed by atoms with van der Waals surface area (Å²) in [6, 6.07) is 15.0. The van der Waals surface area contributed by atoms with E-state index in [-0.39, 0.29) is 11.9 Å². The Kier molecular flexibility index (Phi) is 7.27. The summed E-state index contributed by atoms with van der Waals surface area (Å²) in [5.74, 6) is 2.51. The average molecular weight is 456 g/mol. The van der Waals surface area contributed by atoms with E-state index in [4.69, 9.17) is 25.5 Å². The molecule has 3 aromatic rings. The van der Waals surface area contributed by atoms with Crippen molar-refractivity contribution in [3.63, 3.8) is 0 Å². The van der Waals surface area contributed by atoms with E-state index in [2.05, 4.69) is 10.2 Å². The van der Waals surface area contributed by atoms with Gasteiger partial charge in [-0.3, -0.25) is 4.79 Å². The zero-order valence-electron chi connectivity index (χ0n) is 18.0. The molecule has 32 heavy (non-hydrogen) atoms. The molecule has 0 spiro atoms. The molecule has 0 bridgehead atoms. The standard InChI is InChI=1S/C24H26ClN3O4/c1-2-30-20-11-13-21(14-12-20)31-15-3-4-23(29)28(19-9-10-19)16-22-26-27-24(32-22)17-5-7-18(25)8-6-17/h5-8,11-14,19H,2-4,9-10,15-16H2,1H3. The van der Waals surface area contributed by atoms with Crippen LogP contribution in [0.4, 0.5) is 0 Å². The van der Waals surface area contributed by atoms with Crippen LogP contribution >= 0.6 is 11.6 Å². The molecule has 1 aliphatic carbocycles. The molecule has 0 saturated heterocycles. The van der Waals surface area contributed by atoms with E-state index in [1.807, 2.05) is 48.2 Å². The zero-order chi connectivity index (χ0) is 22.3. The quantitative estimate of drug-likeness (QED) is 0.372. The van der Waals surface area contributed by atoms with E-state index in [0.717, 1.165) is 29.9 Å². The number of rotatable bonds is 11. The van der Waals surface area contributed by atoms with Crippen molar-refractivity contribution in [3.8, 4) is 23.0 Å². The number of aromatic nitrogens is 2. The maximum Gasteiger partial charge on any atom is 0.247 e. The van der Waals surface area contributed by atoms with E-state index in [0.29, 0.717) is 49.4 Å². The van der Waals surface area contributed by atoms with Crippen LogP contribution in [0.15, 0.2) is 52.9 Å². The first kappa shape index (κ1) is 22.1. The molecule has 8 heteroatoms. The zero-order valence-corrected chi connectivity index (χ0v) is 18.8. The van der Waals surface area contributed by atoms with Crippen molar-refractivity contribution in [2.75, 3.05) is 13.2 Å². The summed E-state index contributed by atoms with van der Waals surface area (Å²) in [5, 5.41) is 8.88. The van der Waals surface area contributed by atoms with Gasteiger partial charge in [-0.15, -0.1) is 10.2 Å². The average Bonchev–Trinajstić information content (AvgIpc) is 3.54. The van der Waals surface area contributed by atoms with Gasteiger partial charge in [-0.1, -0.05) is 11.6 Å². The fourth-order valence-corrected chi connectivity index (χ4v) is 3.46. The molecule has 1 amide bonds. The number of hydrogen-bond acceptors (Lipinski definition) is 6. The first-order valence-electron chi connectivity index (χ1n) is 10.9. The molecule has 1 heterocycles. The third-order valence-electron chi connectivity index (χ3n) is 5.11. The molecular weight excluding hydrogens is 430 g/mol. The number of benzene rings is 2. The highest BCUT2D eigenvalue weighted by atomic mass is 35.5. The molecule has 1 aromatic heterocycles. The Morgan fingerprint density at radius 3 is 2.41 bits per heavy atom. The van der Waals surface area contributed by atoms with Crippen molar-refractivity contribution in [1.29, 1.82) is 0 Å². The van der Waals surface area contributed by atoms with E-state index in [1.165, 1.54) is 0 Å². The lowest BCUT2D eigenvalue weighted by Crippen LogP contribution is -2.32. The molecule has 1 aliphatic rings. The smallest absolute Gasteiger partial charge is 0.247 e. The van der Waals surface area contributed by atoms with Gasteiger partial charge in [-0.05, 0) is 74.7 Å². The lowest BCUT2D eigenvalue weighted by atomic mass is 10.2. The fourth-order valence-electron chi connectivity index (χ4n) is 3.34. The Morgan fingerprint density at radius 2 is 1.75 bits per heavy atom. The molecular formula is C24H26ClN3O4. The number of hydrogen-bond donors (Lipinski definition) is 0. The summed E-state index contributed by atoms with van der Waals surface area (Å²) in [6.45, 7) is 3.37. The maximum atomic E-state index is 12.8. The Morgan fingerprint density at radius 1 is 1.06 bits per heavy atom. The van der Waals surface area contributed by atoms with Crippen LogP contribution in [0.5, 0.6) is 11.5 Å². The lowest BCUT2D eigenvalue weighted by Gasteiger charge is -2.20. The minimum Gasteiger partial charge on any atom is -0.494 e. The number of ether oxygens (including phenoxy) is 2. The highest BCUT2D eigenvalue weighted by molar-refractivity contribution is 6.30. The molecule has 4 rings (SSSR count). The van der Waals surface area contributed by atoms with Gasteiger partial charge in [0.05, 0.1) is 19.8 Å². The topological polar surface area (TPSA) is 77.7 Å². The van der Waals surface area contributed by atoms with Gasteiger partial charge in [-0.2, -0.15) is 0 Å². The predicted molar refractivity (Wildman–Crippen MR) is 121 cm³/mol. The van der Waals surface area contributed by atoms with Crippen LogP contribution in [-0.4, -0.2) is 40.3 Å². The van der Waals surface area contributed by atoms with E-state index in [1.54, 1.807) is 12.1 Å². The molecule has 7 nitrogen and oxygen atoms in total. The molecule has 168 valence electrons. The number of carbonyl (C=O) groups excluding carboxylic acids is 1. The maximum absolute atomic E-state index is 12.8.